The van der Waals surface area contributed by atoms with E-state index < -0.39 is 25.8 Å². The van der Waals surface area contributed by atoms with Crippen LogP contribution in [0.25, 0.3) is 0 Å². The van der Waals surface area contributed by atoms with Gasteiger partial charge in [0.2, 0.25) is 0 Å². The van der Waals surface area contributed by atoms with E-state index in [9.17, 15) is 0 Å². The van der Waals surface area contributed by atoms with E-state index >= 15 is 0 Å². The van der Waals surface area contributed by atoms with Crippen molar-refractivity contribution in [2.75, 3.05) is 13.2 Å². The first-order chi connectivity index (χ1) is 8.59. The van der Waals surface area contributed by atoms with Gasteiger partial charge in [0.25, 0.3) is 0 Å². The van der Waals surface area contributed by atoms with Gasteiger partial charge in [-0.25, -0.2) is 0 Å². The monoisotopic (exact) mass is 321 g/mol. The van der Waals surface area contributed by atoms with Crippen molar-refractivity contribution in [3.05, 3.63) is 0 Å². The Balaban J connectivity index is 5.33. The fourth-order valence-corrected chi connectivity index (χ4v) is 18.7. The third-order valence-electron chi connectivity index (χ3n) is 3.17. The summed E-state index contributed by atoms with van der Waals surface area (Å²) in [4.78, 5) is 0. The van der Waals surface area contributed by atoms with Crippen LogP contribution >= 0.6 is 0 Å². The highest BCUT2D eigenvalue weighted by atomic mass is 28.4. The SMILES string of the molecule is CCO[SiH](OCC)C(CC)N([Si](C)(C)C)[Si](C)(C)C. The van der Waals surface area contributed by atoms with E-state index in [0.717, 1.165) is 19.6 Å². The molecule has 0 rings (SSSR count). The van der Waals surface area contributed by atoms with Crippen LogP contribution in [0.5, 0.6) is 0 Å². The van der Waals surface area contributed by atoms with Crippen molar-refractivity contribution in [1.29, 1.82) is 0 Å². The second-order valence-electron chi connectivity index (χ2n) is 6.97. The van der Waals surface area contributed by atoms with E-state index in [1.165, 1.54) is 0 Å². The molecule has 0 N–H and O–H groups in total. The summed E-state index contributed by atoms with van der Waals surface area (Å²) in [7, 11) is -4.33. The van der Waals surface area contributed by atoms with Crippen LogP contribution < -0.4 is 0 Å². The fourth-order valence-electron chi connectivity index (χ4n) is 3.10. The highest BCUT2D eigenvalue weighted by Gasteiger charge is 2.43. The maximum absolute atomic E-state index is 6.03. The molecule has 0 saturated heterocycles. The van der Waals surface area contributed by atoms with E-state index in [4.69, 9.17) is 8.85 Å². The molecule has 116 valence electrons. The van der Waals surface area contributed by atoms with Crippen LogP contribution in [0.15, 0.2) is 0 Å². The number of hydrogen-bond acceptors (Lipinski definition) is 3. The van der Waals surface area contributed by atoms with E-state index in [1.807, 2.05) is 0 Å². The zero-order valence-corrected chi connectivity index (χ0v) is 17.7. The first kappa shape index (κ1) is 19.5. The Labute approximate surface area is 124 Å². The average Bonchev–Trinajstić information content (AvgIpc) is 2.21. The largest absolute Gasteiger partial charge is 0.396 e. The van der Waals surface area contributed by atoms with Crippen molar-refractivity contribution in [2.45, 2.75) is 72.1 Å². The van der Waals surface area contributed by atoms with Crippen LogP contribution in [0.1, 0.15) is 27.2 Å². The van der Waals surface area contributed by atoms with Crippen molar-refractivity contribution in [3.8, 4) is 0 Å². The molecule has 0 aliphatic heterocycles. The van der Waals surface area contributed by atoms with Crippen molar-refractivity contribution in [1.82, 2.24) is 4.23 Å². The minimum atomic E-state index is -1.61. The van der Waals surface area contributed by atoms with Crippen LogP contribution in [-0.4, -0.2) is 48.9 Å². The van der Waals surface area contributed by atoms with Crippen LogP contribution in [0.3, 0.4) is 0 Å². The van der Waals surface area contributed by atoms with Crippen molar-refractivity contribution in [2.24, 2.45) is 0 Å². The molecule has 0 heterocycles. The summed E-state index contributed by atoms with van der Waals surface area (Å²) in [6.07, 6.45) is 1.14. The Bertz CT molecular complexity index is 231. The van der Waals surface area contributed by atoms with E-state index in [0.29, 0.717) is 5.67 Å². The summed E-state index contributed by atoms with van der Waals surface area (Å²) in [5.74, 6) is 0. The third kappa shape index (κ3) is 6.22. The summed E-state index contributed by atoms with van der Waals surface area (Å²) < 4.78 is 14.9. The number of nitrogens with zero attached hydrogens (tertiary/aromatic N) is 1. The Morgan fingerprint density at radius 1 is 0.842 bits per heavy atom. The molecule has 0 fully saturated rings. The normalized spacial score (nSPS) is 15.3. The average molecular weight is 322 g/mol. The molecule has 0 aromatic carbocycles. The van der Waals surface area contributed by atoms with Gasteiger partial charge in [0.05, 0.1) is 0 Å². The molecule has 0 radical (unpaired) electrons. The van der Waals surface area contributed by atoms with E-state index in [1.54, 1.807) is 0 Å². The van der Waals surface area contributed by atoms with Crippen LogP contribution in [0.4, 0.5) is 0 Å². The molecular weight excluding hydrogens is 286 g/mol. The molecular formula is C13H35NO2Si3. The minimum Gasteiger partial charge on any atom is -0.396 e. The predicted molar refractivity (Wildman–Crippen MR) is 93.0 cm³/mol. The summed E-state index contributed by atoms with van der Waals surface area (Å²) >= 11 is 0. The van der Waals surface area contributed by atoms with Crippen LogP contribution in [-0.2, 0) is 8.85 Å². The summed E-state index contributed by atoms with van der Waals surface area (Å²) in [6.45, 7) is 22.7. The second kappa shape index (κ2) is 8.09. The smallest absolute Gasteiger partial charge is 0.337 e. The first-order valence-corrected chi connectivity index (χ1v) is 16.1. The summed E-state index contributed by atoms with van der Waals surface area (Å²) in [5.41, 5.74) is 0.526. The maximum atomic E-state index is 6.03. The standard InChI is InChI=1S/C13H35NO2Si3/c1-10-13(17(15-11-2)16-12-3)14(18(4,5)6)19(7,8)9/h13,17H,10-12H2,1-9H3. The molecule has 1 atom stereocenters. The van der Waals surface area contributed by atoms with Gasteiger partial charge in [-0.3, -0.25) is 0 Å². The number of hydrogen-bond donors (Lipinski definition) is 0. The molecule has 0 amide bonds. The highest BCUT2D eigenvalue weighted by molar-refractivity contribution is 6.90. The van der Waals surface area contributed by atoms with Crippen molar-refractivity contribution >= 4 is 25.8 Å². The van der Waals surface area contributed by atoms with Gasteiger partial charge < -0.3 is 13.1 Å². The lowest BCUT2D eigenvalue weighted by atomic mass is 10.5. The van der Waals surface area contributed by atoms with Gasteiger partial charge in [0.1, 0.15) is 16.5 Å². The third-order valence-corrected chi connectivity index (χ3v) is 14.1. The molecule has 3 nitrogen and oxygen atoms in total. The molecule has 0 aromatic rings. The highest BCUT2D eigenvalue weighted by Crippen LogP contribution is 2.26. The van der Waals surface area contributed by atoms with Gasteiger partial charge in [0.15, 0.2) is 0 Å². The Hall–Kier alpha value is 0.531. The lowest BCUT2D eigenvalue weighted by Gasteiger charge is -2.49. The van der Waals surface area contributed by atoms with Crippen molar-refractivity contribution < 1.29 is 8.85 Å². The number of rotatable bonds is 9. The Morgan fingerprint density at radius 2 is 1.21 bits per heavy atom. The van der Waals surface area contributed by atoms with E-state index in [2.05, 4.69) is 64.3 Å². The Kier molecular flexibility index (Phi) is 8.32. The van der Waals surface area contributed by atoms with Gasteiger partial charge in [0, 0.05) is 18.9 Å². The molecule has 19 heavy (non-hydrogen) atoms. The van der Waals surface area contributed by atoms with Gasteiger partial charge in [-0.1, -0.05) is 46.2 Å². The van der Waals surface area contributed by atoms with Gasteiger partial charge in [-0.15, -0.1) is 0 Å². The Morgan fingerprint density at radius 3 is 1.42 bits per heavy atom. The summed E-state index contributed by atoms with van der Waals surface area (Å²) in [6, 6.07) is 0. The predicted octanol–water partition coefficient (Wildman–Crippen LogP) is 3.57. The molecule has 0 spiro atoms. The lowest BCUT2D eigenvalue weighted by Crippen LogP contribution is -2.67. The second-order valence-corrected chi connectivity index (χ2v) is 19.2. The summed E-state index contributed by atoms with van der Waals surface area (Å²) in [5, 5.41) is 0. The van der Waals surface area contributed by atoms with Crippen LogP contribution in [0.2, 0.25) is 39.3 Å². The van der Waals surface area contributed by atoms with Gasteiger partial charge >= 0.3 is 9.28 Å². The van der Waals surface area contributed by atoms with Crippen LogP contribution in [0, 0.1) is 0 Å². The molecule has 0 aromatic heterocycles. The van der Waals surface area contributed by atoms with Crippen molar-refractivity contribution in [3.63, 3.8) is 0 Å². The molecule has 0 aliphatic carbocycles. The molecule has 0 bridgehead atoms. The quantitative estimate of drug-likeness (QED) is 0.606. The molecule has 1 unspecified atom stereocenters. The molecule has 0 saturated carbocycles. The zero-order chi connectivity index (χ0) is 15.3. The lowest BCUT2D eigenvalue weighted by molar-refractivity contribution is 0.192. The first-order valence-electron chi connectivity index (χ1n) is 7.62. The fraction of sp³-hybridized carbons (Fsp3) is 1.00. The maximum Gasteiger partial charge on any atom is 0.337 e. The topological polar surface area (TPSA) is 21.7 Å². The van der Waals surface area contributed by atoms with Gasteiger partial charge in [-0.2, -0.15) is 0 Å². The molecule has 6 heteroatoms. The van der Waals surface area contributed by atoms with Gasteiger partial charge in [-0.05, 0) is 20.3 Å². The minimum absolute atomic E-state index is 0.526. The zero-order valence-electron chi connectivity index (χ0n) is 14.5. The van der Waals surface area contributed by atoms with E-state index in [-0.39, 0.29) is 0 Å². The molecule has 0 aliphatic rings.